The van der Waals surface area contributed by atoms with Crippen LogP contribution in [0, 0.1) is 12.8 Å². The van der Waals surface area contributed by atoms with Gasteiger partial charge in [-0.15, -0.1) is 0 Å². The molecule has 0 aromatic carbocycles. The largest absolute Gasteiger partial charge is 2.00 e. The quantitative estimate of drug-likeness (QED) is 0.210. The van der Waals surface area contributed by atoms with E-state index in [9.17, 15) is 0 Å². The van der Waals surface area contributed by atoms with Crippen molar-refractivity contribution in [2.45, 2.75) is 108 Å². The number of hydrogen-bond donors (Lipinski definition) is 2. The van der Waals surface area contributed by atoms with Gasteiger partial charge in [-0.05, 0) is 6.92 Å². The molecular formula is C19H39Cl3F2O2Rh. The van der Waals surface area contributed by atoms with Crippen molar-refractivity contribution in [3.8, 4) is 0 Å². The maximum Gasteiger partial charge on any atom is 2.00 e. The van der Waals surface area contributed by atoms with Gasteiger partial charge in [-0.3, -0.25) is 0 Å². The van der Waals surface area contributed by atoms with E-state index in [2.05, 4.69) is 0 Å². The summed E-state index contributed by atoms with van der Waals surface area (Å²) in [5.41, 5.74) is 0. The molecule has 2 N–H and O–H groups in total. The first-order valence-electron chi connectivity index (χ1n) is 9.22. The van der Waals surface area contributed by atoms with Gasteiger partial charge in [0.1, 0.15) is 6.10 Å². The van der Waals surface area contributed by atoms with Crippen LogP contribution >= 0.6 is 34.8 Å². The Morgan fingerprint density at radius 3 is 1.04 bits per heavy atom. The molecule has 0 bridgehead atoms. The molecule has 2 nitrogen and oxygen atoms in total. The van der Waals surface area contributed by atoms with Crippen molar-refractivity contribution >= 4 is 34.8 Å². The molecule has 1 rings (SSSR count). The zero-order chi connectivity index (χ0) is 21.4. The van der Waals surface area contributed by atoms with Gasteiger partial charge < -0.3 is 23.1 Å². The number of halogens is 5. The zero-order valence-corrected chi connectivity index (χ0v) is 21.2. The topological polar surface area (TPSA) is 40.5 Å². The van der Waals surface area contributed by atoms with E-state index in [1.54, 1.807) is 0 Å². The van der Waals surface area contributed by atoms with Crippen molar-refractivity contribution in [3.05, 3.63) is 12.8 Å². The van der Waals surface area contributed by atoms with Crippen LogP contribution in [-0.4, -0.2) is 26.2 Å². The molecule has 27 heavy (non-hydrogen) atoms. The summed E-state index contributed by atoms with van der Waals surface area (Å²) in [5.74, 6) is 0. The van der Waals surface area contributed by atoms with E-state index < -0.39 is 16.0 Å². The van der Waals surface area contributed by atoms with Crippen LogP contribution in [0.4, 0.5) is 9.15 Å². The van der Waals surface area contributed by atoms with Crippen molar-refractivity contribution < 1.29 is 38.8 Å². The second-order valence-electron chi connectivity index (χ2n) is 6.13. The maximum absolute atomic E-state index is 9.00. The minimum atomic E-state index is -1.70. The molecule has 2 unspecified atom stereocenters. The molecule has 1 radical (unpaired) electrons. The van der Waals surface area contributed by atoms with Crippen LogP contribution < -0.4 is 0 Å². The predicted octanol–water partition coefficient (Wildman–Crippen LogP) is 7.91. The van der Waals surface area contributed by atoms with Gasteiger partial charge in [0.05, 0.1) is 6.10 Å². The van der Waals surface area contributed by atoms with E-state index in [4.69, 9.17) is 54.2 Å². The standard InChI is InChI=1S/C8H16.C5H9Cl3O2.2C3H7.F2.Rh/c1-2-4-6-8-7-5-3-1;1-3(9)2-4(10)5(6,7)8;2*1-3-2;1-2;/h1-8H2;3-4,9-10H,2H2,1H3;2*3H,1-2H3;;/q;;2*-1;;+2. The Balaban J connectivity index is -0.0000000849. The van der Waals surface area contributed by atoms with E-state index in [0.29, 0.717) is 0 Å². The minimum Gasteiger partial charge on any atom is -0.393 e. The Hall–Kier alpha value is 1.27. The van der Waals surface area contributed by atoms with Gasteiger partial charge in [-0.25, -0.2) is 0 Å². The molecule has 0 amide bonds. The summed E-state index contributed by atoms with van der Waals surface area (Å²) >= 11 is 15.9. The van der Waals surface area contributed by atoms with E-state index in [1.807, 2.05) is 40.5 Å². The molecular weight excluding hydrogens is 507 g/mol. The summed E-state index contributed by atoms with van der Waals surface area (Å²) in [6, 6.07) is 0. The smallest absolute Gasteiger partial charge is 0.393 e. The Labute approximate surface area is 194 Å². The molecule has 171 valence electrons. The van der Waals surface area contributed by atoms with Gasteiger partial charge in [-0.1, -0.05) is 86.2 Å². The molecule has 1 aliphatic rings. The fourth-order valence-corrected chi connectivity index (χ4v) is 2.14. The third kappa shape index (κ3) is 46.9. The van der Waals surface area contributed by atoms with Gasteiger partial charge in [0.15, 0.2) is 0 Å². The normalized spacial score (nSPS) is 15.6. The van der Waals surface area contributed by atoms with Crippen molar-refractivity contribution in [1.29, 1.82) is 0 Å². The number of aliphatic hydroxyl groups excluding tert-OH is 2. The Morgan fingerprint density at radius 2 is 0.963 bits per heavy atom. The predicted molar refractivity (Wildman–Crippen MR) is 113 cm³/mol. The number of alkyl halides is 3. The molecule has 0 spiro atoms. The van der Waals surface area contributed by atoms with Gasteiger partial charge in [0.25, 0.3) is 0 Å². The first-order chi connectivity index (χ1) is 12.2. The fourth-order valence-electron chi connectivity index (χ4n) is 1.87. The third-order valence-corrected chi connectivity index (χ3v) is 3.70. The SMILES string of the molecule is C1CCCCCCC1.CC(O)CC(O)C(Cl)(Cl)Cl.C[CH-]C.C[CH-]C.FF.[Rh+2]. The number of hydrogen-bond acceptors (Lipinski definition) is 2. The fraction of sp³-hybridized carbons (Fsp3) is 0.895. The van der Waals surface area contributed by atoms with Crippen molar-refractivity contribution in [3.63, 3.8) is 0 Å². The summed E-state index contributed by atoms with van der Waals surface area (Å²) in [6.45, 7) is 9.51. The van der Waals surface area contributed by atoms with Crippen LogP contribution in [0.2, 0.25) is 0 Å². The zero-order valence-electron chi connectivity index (χ0n) is 17.3. The molecule has 1 saturated carbocycles. The first kappa shape index (κ1) is 38.8. The Bertz CT molecular complexity index is 209. The van der Waals surface area contributed by atoms with Crippen LogP contribution in [0.15, 0.2) is 0 Å². The van der Waals surface area contributed by atoms with Crippen molar-refractivity contribution in [1.82, 2.24) is 0 Å². The minimum absolute atomic E-state index is 0. The number of aliphatic hydroxyl groups is 2. The third-order valence-electron chi connectivity index (χ3n) is 2.94. The molecule has 8 heteroatoms. The second-order valence-corrected chi connectivity index (χ2v) is 8.49. The van der Waals surface area contributed by atoms with Crippen molar-refractivity contribution in [2.24, 2.45) is 0 Å². The van der Waals surface area contributed by atoms with Gasteiger partial charge in [0, 0.05) is 15.6 Å². The molecule has 0 aromatic heterocycles. The van der Waals surface area contributed by atoms with E-state index in [1.165, 1.54) is 58.3 Å². The van der Waals surface area contributed by atoms with Crippen LogP contribution in [-0.2, 0) is 19.5 Å². The Morgan fingerprint density at radius 1 is 0.778 bits per heavy atom. The molecule has 0 aliphatic heterocycles. The molecule has 1 fully saturated rings. The van der Waals surface area contributed by atoms with E-state index >= 15 is 0 Å². The first-order valence-corrected chi connectivity index (χ1v) is 10.4. The summed E-state index contributed by atoms with van der Waals surface area (Å²) in [4.78, 5) is 0. The molecule has 0 aromatic rings. The molecule has 1 aliphatic carbocycles. The van der Waals surface area contributed by atoms with Gasteiger partial charge in [-0.2, -0.15) is 27.7 Å². The second kappa shape index (κ2) is 32.0. The molecule has 0 saturated heterocycles. The average Bonchev–Trinajstić information content (AvgIpc) is 2.49. The summed E-state index contributed by atoms with van der Waals surface area (Å²) < 4.78 is 14.3. The molecule has 0 heterocycles. The average molecular weight is 547 g/mol. The van der Waals surface area contributed by atoms with Gasteiger partial charge in [0.2, 0.25) is 3.79 Å². The van der Waals surface area contributed by atoms with Crippen LogP contribution in [0.25, 0.3) is 0 Å². The van der Waals surface area contributed by atoms with Crippen LogP contribution in [0.3, 0.4) is 0 Å². The summed E-state index contributed by atoms with van der Waals surface area (Å²) in [6.07, 6.45) is 14.3. The van der Waals surface area contributed by atoms with Crippen LogP contribution in [0.1, 0.15) is 92.4 Å². The van der Waals surface area contributed by atoms with Crippen LogP contribution in [0.5, 0.6) is 0 Å². The maximum atomic E-state index is 9.00. The van der Waals surface area contributed by atoms with E-state index in [0.717, 1.165) is 0 Å². The monoisotopic (exact) mass is 545 g/mol. The van der Waals surface area contributed by atoms with E-state index in [-0.39, 0.29) is 25.9 Å². The summed E-state index contributed by atoms with van der Waals surface area (Å²) in [5, 5.41) is 17.8. The van der Waals surface area contributed by atoms with Gasteiger partial charge >= 0.3 is 19.5 Å². The number of rotatable bonds is 2. The Kier molecular flexibility index (Phi) is 45.9. The van der Waals surface area contributed by atoms with Crippen molar-refractivity contribution in [2.75, 3.05) is 0 Å². The summed E-state index contributed by atoms with van der Waals surface area (Å²) in [7, 11) is 0. The molecule has 2 atom stereocenters.